The fraction of sp³-hybridized carbons (Fsp3) is 0.333. The largest absolute Gasteiger partial charge is 0.507 e. The molecule has 2 aliphatic heterocycles. The number of amides is 1. The van der Waals surface area contributed by atoms with Gasteiger partial charge in [-0.15, -0.1) is 0 Å². The fourth-order valence-electron chi connectivity index (χ4n) is 4.30. The average molecular weight is 442 g/mol. The maximum Gasteiger partial charge on any atom is 0.295 e. The predicted molar refractivity (Wildman–Crippen MR) is 117 cm³/mol. The summed E-state index contributed by atoms with van der Waals surface area (Å²) in [5, 5.41) is 11.6. The minimum atomic E-state index is -0.731. The van der Waals surface area contributed by atoms with Crippen molar-refractivity contribution in [3.05, 3.63) is 69.8 Å². The first-order chi connectivity index (χ1) is 14.9. The number of hydrogen-bond donors (Lipinski definition) is 1. The Hall–Kier alpha value is -2.83. The molecule has 1 N–H and O–H groups in total. The van der Waals surface area contributed by atoms with E-state index in [1.165, 1.54) is 18.1 Å². The van der Waals surface area contributed by atoms with Crippen LogP contribution in [0.4, 0.5) is 0 Å². The van der Waals surface area contributed by atoms with E-state index in [0.29, 0.717) is 17.4 Å². The topological polar surface area (TPSA) is 76.1 Å². The highest BCUT2D eigenvalue weighted by atomic mass is 35.5. The van der Waals surface area contributed by atoms with Gasteiger partial charge in [-0.05, 0) is 49.1 Å². The standard InChI is InChI=1S/C24H24ClNO5/c1-14-6-3-4-8-17(14)21-20(22(27)18-12-15(25)9-10-19(18)30-2)23(28)24(29)26(21)13-16-7-5-11-31-16/h3-4,6,8-10,12,16,21,27H,5,7,11,13H2,1-2H3/b22-20+. The van der Waals surface area contributed by atoms with E-state index in [1.807, 2.05) is 31.2 Å². The normalized spacial score (nSPS) is 22.9. The van der Waals surface area contributed by atoms with E-state index in [0.717, 1.165) is 24.0 Å². The van der Waals surface area contributed by atoms with Gasteiger partial charge in [-0.1, -0.05) is 35.9 Å². The van der Waals surface area contributed by atoms with Crippen molar-refractivity contribution in [2.45, 2.75) is 31.9 Å². The van der Waals surface area contributed by atoms with Gasteiger partial charge in [0.05, 0.1) is 30.4 Å². The lowest BCUT2D eigenvalue weighted by Gasteiger charge is -2.28. The summed E-state index contributed by atoms with van der Waals surface area (Å²) in [7, 11) is 1.47. The summed E-state index contributed by atoms with van der Waals surface area (Å²) in [4.78, 5) is 27.8. The number of ether oxygens (including phenoxy) is 2. The average Bonchev–Trinajstić information content (AvgIpc) is 3.36. The monoisotopic (exact) mass is 441 g/mol. The van der Waals surface area contributed by atoms with Crippen LogP contribution in [0.3, 0.4) is 0 Å². The number of aliphatic hydroxyl groups is 1. The van der Waals surface area contributed by atoms with Crippen LogP contribution in [0.25, 0.3) is 5.76 Å². The van der Waals surface area contributed by atoms with Crippen LogP contribution in [0.1, 0.15) is 35.6 Å². The molecule has 2 saturated heterocycles. The number of methoxy groups -OCH3 is 1. The van der Waals surface area contributed by atoms with Crippen LogP contribution in [0, 0.1) is 6.92 Å². The van der Waals surface area contributed by atoms with Gasteiger partial charge in [0.25, 0.3) is 11.7 Å². The number of ketones is 1. The van der Waals surface area contributed by atoms with Crippen molar-refractivity contribution in [2.75, 3.05) is 20.3 Å². The first-order valence-corrected chi connectivity index (χ1v) is 10.6. The van der Waals surface area contributed by atoms with Crippen molar-refractivity contribution in [1.82, 2.24) is 4.90 Å². The molecule has 1 amide bonds. The van der Waals surface area contributed by atoms with Crippen LogP contribution in [0.2, 0.25) is 5.02 Å². The summed E-state index contributed by atoms with van der Waals surface area (Å²) < 4.78 is 11.1. The summed E-state index contributed by atoms with van der Waals surface area (Å²) >= 11 is 6.14. The predicted octanol–water partition coefficient (Wildman–Crippen LogP) is 4.26. The van der Waals surface area contributed by atoms with E-state index in [-0.39, 0.29) is 29.5 Å². The number of aliphatic hydroxyl groups excluding tert-OH is 1. The molecule has 0 aromatic heterocycles. The number of nitrogens with zero attached hydrogens (tertiary/aromatic N) is 1. The lowest BCUT2D eigenvalue weighted by Crippen LogP contribution is -2.36. The van der Waals surface area contributed by atoms with Gasteiger partial charge < -0.3 is 19.5 Å². The smallest absolute Gasteiger partial charge is 0.295 e. The van der Waals surface area contributed by atoms with Crippen LogP contribution in [0.5, 0.6) is 5.75 Å². The molecule has 7 heteroatoms. The lowest BCUT2D eigenvalue weighted by molar-refractivity contribution is -0.140. The van der Waals surface area contributed by atoms with Crippen LogP contribution in [-0.4, -0.2) is 48.1 Å². The molecule has 0 aliphatic carbocycles. The first kappa shape index (κ1) is 21.4. The number of Topliss-reactive ketones (excluding diaryl/α,β-unsaturated/α-hetero) is 1. The molecule has 4 rings (SSSR count). The maximum atomic E-state index is 13.2. The second kappa shape index (κ2) is 8.73. The zero-order valence-corrected chi connectivity index (χ0v) is 18.2. The summed E-state index contributed by atoms with van der Waals surface area (Å²) in [6, 6.07) is 11.6. The van der Waals surface area contributed by atoms with Crippen molar-refractivity contribution < 1.29 is 24.2 Å². The van der Waals surface area contributed by atoms with Gasteiger partial charge in [0, 0.05) is 18.2 Å². The van der Waals surface area contributed by atoms with E-state index in [4.69, 9.17) is 21.1 Å². The molecule has 0 spiro atoms. The van der Waals surface area contributed by atoms with E-state index < -0.39 is 17.7 Å². The number of aryl methyl sites for hydroxylation is 1. The molecule has 2 heterocycles. The molecule has 2 unspecified atom stereocenters. The van der Waals surface area contributed by atoms with Crippen LogP contribution in [0.15, 0.2) is 48.0 Å². The fourth-order valence-corrected chi connectivity index (χ4v) is 4.48. The van der Waals surface area contributed by atoms with Gasteiger partial charge in [-0.3, -0.25) is 9.59 Å². The molecule has 2 aliphatic rings. The highest BCUT2D eigenvalue weighted by Crippen LogP contribution is 2.42. The van der Waals surface area contributed by atoms with Crippen LogP contribution < -0.4 is 4.74 Å². The molecule has 162 valence electrons. The zero-order valence-electron chi connectivity index (χ0n) is 17.4. The van der Waals surface area contributed by atoms with Gasteiger partial charge in [-0.25, -0.2) is 0 Å². The number of likely N-dealkylation sites (tertiary alicyclic amines) is 1. The Morgan fingerprint density at radius 3 is 2.71 bits per heavy atom. The highest BCUT2D eigenvalue weighted by Gasteiger charge is 2.47. The molecule has 2 fully saturated rings. The number of carbonyl (C=O) groups is 2. The zero-order chi connectivity index (χ0) is 22.1. The Bertz CT molecular complexity index is 1060. The maximum absolute atomic E-state index is 13.2. The van der Waals surface area contributed by atoms with Crippen LogP contribution in [-0.2, 0) is 14.3 Å². The number of carbonyl (C=O) groups excluding carboxylic acids is 2. The summed E-state index contributed by atoms with van der Waals surface area (Å²) in [5.74, 6) is -1.33. The molecule has 0 saturated carbocycles. The minimum Gasteiger partial charge on any atom is -0.507 e. The Morgan fingerprint density at radius 2 is 2.03 bits per heavy atom. The molecule has 2 atom stereocenters. The number of hydrogen-bond acceptors (Lipinski definition) is 5. The Labute approximate surface area is 186 Å². The van der Waals surface area contributed by atoms with Crippen molar-refractivity contribution >= 4 is 29.1 Å². The summed E-state index contributed by atoms with van der Waals surface area (Å²) in [5.41, 5.74) is 1.99. The molecule has 6 nitrogen and oxygen atoms in total. The Morgan fingerprint density at radius 1 is 1.26 bits per heavy atom. The number of rotatable bonds is 5. The van der Waals surface area contributed by atoms with Gasteiger partial charge in [0.1, 0.15) is 11.5 Å². The van der Waals surface area contributed by atoms with Crippen molar-refractivity contribution in [3.63, 3.8) is 0 Å². The van der Waals surface area contributed by atoms with Crippen LogP contribution >= 0.6 is 11.6 Å². The van der Waals surface area contributed by atoms with Gasteiger partial charge in [0.2, 0.25) is 0 Å². The number of halogens is 1. The highest BCUT2D eigenvalue weighted by molar-refractivity contribution is 6.46. The first-order valence-electron chi connectivity index (χ1n) is 10.2. The third-order valence-corrected chi connectivity index (χ3v) is 6.10. The van der Waals surface area contributed by atoms with E-state index in [9.17, 15) is 14.7 Å². The quantitative estimate of drug-likeness (QED) is 0.426. The third kappa shape index (κ3) is 3.93. The lowest BCUT2D eigenvalue weighted by atomic mass is 9.92. The van der Waals surface area contributed by atoms with Gasteiger partial charge in [-0.2, -0.15) is 0 Å². The molecule has 31 heavy (non-hydrogen) atoms. The van der Waals surface area contributed by atoms with Gasteiger partial charge >= 0.3 is 0 Å². The van der Waals surface area contributed by atoms with E-state index in [2.05, 4.69) is 0 Å². The second-order valence-corrected chi connectivity index (χ2v) is 8.22. The second-order valence-electron chi connectivity index (χ2n) is 7.79. The van der Waals surface area contributed by atoms with Crippen molar-refractivity contribution in [2.24, 2.45) is 0 Å². The molecule has 0 radical (unpaired) electrons. The molecule has 2 aromatic carbocycles. The van der Waals surface area contributed by atoms with Crippen molar-refractivity contribution in [1.29, 1.82) is 0 Å². The summed E-state index contributed by atoms with van der Waals surface area (Å²) in [6.07, 6.45) is 1.61. The van der Waals surface area contributed by atoms with Crippen molar-refractivity contribution in [3.8, 4) is 5.75 Å². The number of benzene rings is 2. The minimum absolute atomic E-state index is 0.0258. The molecule has 0 bridgehead atoms. The van der Waals surface area contributed by atoms with Gasteiger partial charge in [0.15, 0.2) is 0 Å². The molecule has 2 aromatic rings. The third-order valence-electron chi connectivity index (χ3n) is 5.86. The summed E-state index contributed by atoms with van der Waals surface area (Å²) in [6.45, 7) is 2.85. The van der Waals surface area contributed by atoms with E-state index in [1.54, 1.807) is 12.1 Å². The Kier molecular flexibility index (Phi) is 6.03. The SMILES string of the molecule is COc1ccc(Cl)cc1/C(O)=C1\C(=O)C(=O)N(CC2CCCO2)C1c1ccccc1C. The van der Waals surface area contributed by atoms with E-state index >= 15 is 0 Å². The molecular formula is C24H24ClNO5. The Balaban J connectivity index is 1.89. The molecular weight excluding hydrogens is 418 g/mol.